The predicted molar refractivity (Wildman–Crippen MR) is 71.9 cm³/mol. The van der Waals surface area contributed by atoms with E-state index in [4.69, 9.17) is 30.8 Å². The van der Waals surface area contributed by atoms with Crippen LogP contribution in [-0.4, -0.2) is 62.4 Å². The number of phosphoric acid groups is 1. The van der Waals surface area contributed by atoms with Crippen LogP contribution in [0, 0.1) is 0 Å². The molecular formula is C11H24NO8P. The van der Waals surface area contributed by atoms with Gasteiger partial charge in [-0.15, -0.1) is 0 Å². The maximum atomic E-state index is 10.4. The van der Waals surface area contributed by atoms with Crippen LogP contribution in [-0.2, 0) is 13.8 Å². The molecule has 2 aliphatic rings. The lowest BCUT2D eigenvalue weighted by Crippen LogP contribution is -2.34. The van der Waals surface area contributed by atoms with E-state index in [1.54, 1.807) is 0 Å². The molecular weight excluding hydrogens is 305 g/mol. The first-order valence-electron chi connectivity index (χ1n) is 6.86. The molecule has 126 valence electrons. The maximum Gasteiger partial charge on any atom is 0.472 e. The van der Waals surface area contributed by atoms with Gasteiger partial charge in [-0.2, -0.15) is 0 Å². The van der Waals surface area contributed by atoms with Gasteiger partial charge in [0.05, 0.1) is 6.61 Å². The summed E-state index contributed by atoms with van der Waals surface area (Å²) >= 11 is 0. The van der Waals surface area contributed by atoms with Crippen molar-refractivity contribution in [3.05, 3.63) is 0 Å². The van der Waals surface area contributed by atoms with Crippen LogP contribution in [0.2, 0.25) is 0 Å². The maximum absolute atomic E-state index is 10.4. The lowest BCUT2D eigenvalue weighted by molar-refractivity contribution is -0.126. The molecule has 2 rings (SSSR count). The Bertz CT molecular complexity index is 345. The van der Waals surface area contributed by atoms with Gasteiger partial charge in [0.1, 0.15) is 18.3 Å². The molecule has 10 heteroatoms. The average molecular weight is 329 g/mol. The summed E-state index contributed by atoms with van der Waals surface area (Å²) in [6.07, 6.45) is 0.886. The Kier molecular flexibility index (Phi) is 7.69. The zero-order chi connectivity index (χ0) is 16.0. The topological polar surface area (TPSA) is 163 Å². The highest BCUT2D eigenvalue weighted by molar-refractivity contribution is 7.46. The van der Waals surface area contributed by atoms with E-state index in [-0.39, 0.29) is 0 Å². The summed E-state index contributed by atoms with van der Waals surface area (Å²) in [7, 11) is -4.79. The van der Waals surface area contributed by atoms with E-state index in [1.807, 2.05) is 0 Å². The second-order valence-corrected chi connectivity index (χ2v) is 6.39. The van der Waals surface area contributed by atoms with Crippen molar-refractivity contribution >= 4 is 7.82 Å². The molecule has 0 aromatic heterocycles. The van der Waals surface area contributed by atoms with Crippen LogP contribution in [0.25, 0.3) is 0 Å². The van der Waals surface area contributed by atoms with Crippen molar-refractivity contribution in [3.8, 4) is 0 Å². The first-order chi connectivity index (χ1) is 9.74. The minimum Gasteiger partial charge on any atom is -0.394 e. The van der Waals surface area contributed by atoms with Crippen molar-refractivity contribution < 1.29 is 38.9 Å². The lowest BCUT2D eigenvalue weighted by Gasteiger charge is -2.15. The molecule has 1 aliphatic heterocycles. The van der Waals surface area contributed by atoms with Gasteiger partial charge in [-0.05, 0) is 12.8 Å². The lowest BCUT2D eigenvalue weighted by atomic mass is 9.97. The van der Waals surface area contributed by atoms with Gasteiger partial charge in [0.15, 0.2) is 6.29 Å². The third-order valence-corrected chi connectivity index (χ3v) is 3.87. The zero-order valence-corrected chi connectivity index (χ0v) is 12.5. The van der Waals surface area contributed by atoms with Gasteiger partial charge in [0.2, 0.25) is 0 Å². The molecule has 0 aromatic rings. The summed E-state index contributed by atoms with van der Waals surface area (Å²) in [6.45, 7) is -0.584. The molecule has 0 bridgehead atoms. The summed E-state index contributed by atoms with van der Waals surface area (Å²) in [5.41, 5.74) is 5.63. The summed E-state index contributed by atoms with van der Waals surface area (Å²) in [5.74, 6) is 0. The molecule has 4 atom stereocenters. The van der Waals surface area contributed by atoms with Gasteiger partial charge in [-0.25, -0.2) is 4.57 Å². The van der Waals surface area contributed by atoms with Crippen molar-refractivity contribution in [2.75, 3.05) is 6.61 Å². The highest BCUT2D eigenvalue weighted by atomic mass is 31.2. The zero-order valence-electron chi connectivity index (χ0n) is 11.6. The first kappa shape index (κ1) is 19.0. The molecule has 0 radical (unpaired) electrons. The molecule has 21 heavy (non-hydrogen) atoms. The Labute approximate surface area is 122 Å². The third kappa shape index (κ3) is 6.68. The first-order valence-corrected chi connectivity index (χ1v) is 8.39. The van der Waals surface area contributed by atoms with Crippen LogP contribution in [0.15, 0.2) is 0 Å². The second kappa shape index (κ2) is 8.52. The number of hydrogen-bond donors (Lipinski definition) is 6. The van der Waals surface area contributed by atoms with Gasteiger partial charge in [-0.1, -0.05) is 19.3 Å². The molecule has 1 saturated heterocycles. The normalized spacial score (nSPS) is 34.4. The van der Waals surface area contributed by atoms with Gasteiger partial charge in [0.25, 0.3) is 0 Å². The average Bonchev–Trinajstić information content (AvgIpc) is 2.66. The summed E-state index contributed by atoms with van der Waals surface area (Å²) in [4.78, 5) is 16.8. The summed E-state index contributed by atoms with van der Waals surface area (Å²) < 4.78 is 19.1. The standard InChI is InChI=1S/C6H13N.C5H11O8P/c7-6-4-2-1-3-5-6;6-1-2-3(7)4(8)5(12-2)13-14(9,10)11/h6H,1-5,7H2;2-8H,1H2,(H2,9,10,11). The Morgan fingerprint density at radius 2 is 1.71 bits per heavy atom. The van der Waals surface area contributed by atoms with Crippen molar-refractivity contribution in [3.63, 3.8) is 0 Å². The van der Waals surface area contributed by atoms with E-state index in [1.165, 1.54) is 32.1 Å². The number of phosphoric ester groups is 1. The monoisotopic (exact) mass is 329 g/mol. The van der Waals surface area contributed by atoms with E-state index in [0.29, 0.717) is 6.04 Å². The predicted octanol–water partition coefficient (Wildman–Crippen LogP) is -1.19. The minimum absolute atomic E-state index is 0.536. The van der Waals surface area contributed by atoms with Gasteiger partial charge < -0.3 is 35.6 Å². The smallest absolute Gasteiger partial charge is 0.394 e. The molecule has 9 nitrogen and oxygen atoms in total. The number of aliphatic hydroxyl groups is 3. The number of rotatable bonds is 3. The number of ether oxygens (including phenoxy) is 1. The molecule has 7 N–H and O–H groups in total. The molecule has 1 aliphatic carbocycles. The number of hydrogen-bond acceptors (Lipinski definition) is 7. The van der Waals surface area contributed by atoms with E-state index in [0.717, 1.165) is 0 Å². The Hall–Kier alpha value is -0.0900. The largest absolute Gasteiger partial charge is 0.472 e. The van der Waals surface area contributed by atoms with E-state index in [2.05, 4.69) is 9.26 Å². The van der Waals surface area contributed by atoms with E-state index < -0.39 is 39.0 Å². The third-order valence-electron chi connectivity index (χ3n) is 3.39. The van der Waals surface area contributed by atoms with Crippen LogP contribution >= 0.6 is 7.82 Å². The Morgan fingerprint density at radius 3 is 2.05 bits per heavy atom. The summed E-state index contributed by atoms with van der Waals surface area (Å²) in [6, 6.07) is 0.536. The number of aliphatic hydroxyl groups excluding tert-OH is 3. The fourth-order valence-corrected chi connectivity index (χ4v) is 2.67. The summed E-state index contributed by atoms with van der Waals surface area (Å²) in [5, 5.41) is 26.9. The molecule has 1 heterocycles. The minimum atomic E-state index is -4.79. The second-order valence-electron chi connectivity index (χ2n) is 5.20. The molecule has 0 spiro atoms. The van der Waals surface area contributed by atoms with Crippen molar-refractivity contribution in [1.29, 1.82) is 0 Å². The highest BCUT2D eigenvalue weighted by Gasteiger charge is 2.45. The quantitative estimate of drug-likeness (QED) is 0.349. The van der Waals surface area contributed by atoms with Crippen LogP contribution in [0.1, 0.15) is 32.1 Å². The molecule has 1 saturated carbocycles. The number of nitrogens with two attached hydrogens (primary N) is 1. The van der Waals surface area contributed by atoms with Gasteiger partial charge in [0, 0.05) is 6.04 Å². The Balaban J connectivity index is 0.000000262. The van der Waals surface area contributed by atoms with Crippen LogP contribution in [0.5, 0.6) is 0 Å². The van der Waals surface area contributed by atoms with E-state index in [9.17, 15) is 4.57 Å². The van der Waals surface area contributed by atoms with Gasteiger partial charge >= 0.3 is 7.82 Å². The molecule has 4 unspecified atom stereocenters. The highest BCUT2D eigenvalue weighted by Crippen LogP contribution is 2.40. The van der Waals surface area contributed by atoms with Crippen LogP contribution in [0.3, 0.4) is 0 Å². The molecule has 2 fully saturated rings. The van der Waals surface area contributed by atoms with Crippen molar-refractivity contribution in [2.24, 2.45) is 5.73 Å². The molecule has 0 amide bonds. The van der Waals surface area contributed by atoms with Crippen molar-refractivity contribution in [2.45, 2.75) is 62.7 Å². The fourth-order valence-electron chi connectivity index (χ4n) is 2.22. The van der Waals surface area contributed by atoms with Crippen LogP contribution < -0.4 is 5.73 Å². The fraction of sp³-hybridized carbons (Fsp3) is 1.00. The van der Waals surface area contributed by atoms with Crippen LogP contribution in [0.4, 0.5) is 0 Å². The van der Waals surface area contributed by atoms with Gasteiger partial charge in [-0.3, -0.25) is 4.52 Å². The van der Waals surface area contributed by atoms with E-state index >= 15 is 0 Å². The van der Waals surface area contributed by atoms with Crippen molar-refractivity contribution in [1.82, 2.24) is 0 Å². The Morgan fingerprint density at radius 1 is 1.14 bits per heavy atom. The SMILES string of the molecule is NC1CCCCC1.O=P(O)(O)OC1OC(CO)C(O)C1O. The molecule has 0 aromatic carbocycles.